The highest BCUT2D eigenvalue weighted by Crippen LogP contribution is 2.26. The molecule has 20 heavy (non-hydrogen) atoms. The van der Waals surface area contributed by atoms with E-state index in [1.807, 2.05) is 13.8 Å². The summed E-state index contributed by atoms with van der Waals surface area (Å²) >= 11 is 0. The van der Waals surface area contributed by atoms with Crippen LogP contribution < -0.4 is 14.8 Å². The van der Waals surface area contributed by atoms with E-state index >= 15 is 0 Å². The van der Waals surface area contributed by atoms with Crippen molar-refractivity contribution in [3.05, 3.63) is 23.3 Å². The van der Waals surface area contributed by atoms with E-state index in [1.165, 1.54) is 0 Å². The van der Waals surface area contributed by atoms with E-state index in [2.05, 4.69) is 10.0 Å². The summed E-state index contributed by atoms with van der Waals surface area (Å²) in [7, 11) is -1.87. The van der Waals surface area contributed by atoms with Crippen molar-refractivity contribution in [2.24, 2.45) is 0 Å². The van der Waals surface area contributed by atoms with Gasteiger partial charge in [0.1, 0.15) is 5.75 Å². The molecule has 112 valence electrons. The summed E-state index contributed by atoms with van der Waals surface area (Å²) in [6, 6.07) is 3.54. The average molecular weight is 298 g/mol. The first-order valence-corrected chi connectivity index (χ1v) is 8.30. The van der Waals surface area contributed by atoms with E-state index in [0.717, 1.165) is 36.3 Å². The lowest BCUT2D eigenvalue weighted by Gasteiger charge is -2.14. The van der Waals surface area contributed by atoms with Crippen molar-refractivity contribution < 1.29 is 13.2 Å². The number of benzene rings is 1. The standard InChI is InChI=1S/C14H22N2O3S/c1-10-7-13(8-11(2)14(10)19-3)20(17,18)16-9-12-5-4-6-15-12/h7-8,12,15-16H,4-6,9H2,1-3H3. The van der Waals surface area contributed by atoms with E-state index in [9.17, 15) is 8.42 Å². The van der Waals surface area contributed by atoms with Crippen molar-refractivity contribution in [3.63, 3.8) is 0 Å². The van der Waals surface area contributed by atoms with Gasteiger partial charge in [-0.3, -0.25) is 0 Å². The lowest BCUT2D eigenvalue weighted by molar-refractivity contribution is 0.408. The van der Waals surface area contributed by atoms with Crippen LogP contribution in [-0.2, 0) is 10.0 Å². The minimum Gasteiger partial charge on any atom is -0.496 e. The zero-order chi connectivity index (χ0) is 14.8. The molecule has 1 unspecified atom stereocenters. The zero-order valence-electron chi connectivity index (χ0n) is 12.2. The second kappa shape index (κ2) is 6.11. The maximum Gasteiger partial charge on any atom is 0.240 e. The number of hydrogen-bond acceptors (Lipinski definition) is 4. The summed E-state index contributed by atoms with van der Waals surface area (Å²) in [4.78, 5) is 0.297. The molecule has 1 aromatic rings. The van der Waals surface area contributed by atoms with Crippen molar-refractivity contribution >= 4 is 10.0 Å². The van der Waals surface area contributed by atoms with Gasteiger partial charge in [0.2, 0.25) is 10.0 Å². The first kappa shape index (κ1) is 15.3. The Kier molecular flexibility index (Phi) is 4.67. The van der Waals surface area contributed by atoms with E-state index in [4.69, 9.17) is 4.74 Å². The first-order chi connectivity index (χ1) is 9.44. The molecule has 1 aliphatic rings. The monoisotopic (exact) mass is 298 g/mol. The molecule has 1 aromatic carbocycles. The van der Waals surface area contributed by atoms with Crippen LogP contribution in [-0.4, -0.2) is 34.7 Å². The minimum absolute atomic E-state index is 0.241. The fourth-order valence-corrected chi connectivity index (χ4v) is 3.86. The van der Waals surface area contributed by atoms with Crippen molar-refractivity contribution in [3.8, 4) is 5.75 Å². The number of aryl methyl sites for hydroxylation is 2. The van der Waals surface area contributed by atoms with Crippen molar-refractivity contribution in [1.82, 2.24) is 10.0 Å². The molecule has 2 rings (SSSR count). The third-order valence-corrected chi connectivity index (χ3v) is 5.03. The zero-order valence-corrected chi connectivity index (χ0v) is 13.0. The molecule has 2 N–H and O–H groups in total. The van der Waals surface area contributed by atoms with Crippen molar-refractivity contribution in [2.45, 2.75) is 37.6 Å². The van der Waals surface area contributed by atoms with Gasteiger partial charge in [-0.2, -0.15) is 0 Å². The Hall–Kier alpha value is -1.11. The van der Waals surface area contributed by atoms with Gasteiger partial charge in [-0.25, -0.2) is 13.1 Å². The summed E-state index contributed by atoms with van der Waals surface area (Å²) in [5.41, 5.74) is 1.65. The lowest BCUT2D eigenvalue weighted by atomic mass is 10.1. The molecule has 0 aromatic heterocycles. The van der Waals surface area contributed by atoms with Crippen LogP contribution in [0, 0.1) is 13.8 Å². The van der Waals surface area contributed by atoms with E-state index in [1.54, 1.807) is 19.2 Å². The third-order valence-electron chi connectivity index (χ3n) is 3.63. The summed E-state index contributed by atoms with van der Waals surface area (Å²) in [6.07, 6.45) is 2.12. The summed E-state index contributed by atoms with van der Waals surface area (Å²) in [5.74, 6) is 0.737. The molecular formula is C14H22N2O3S. The van der Waals surface area contributed by atoms with Crippen LogP contribution in [0.2, 0.25) is 0 Å². The van der Waals surface area contributed by atoms with Gasteiger partial charge in [0, 0.05) is 12.6 Å². The Labute approximate surface area is 120 Å². The van der Waals surface area contributed by atoms with Crippen LogP contribution >= 0.6 is 0 Å². The SMILES string of the molecule is COc1c(C)cc(S(=O)(=O)NCC2CCCN2)cc1C. The Morgan fingerprint density at radius 1 is 1.35 bits per heavy atom. The Balaban J connectivity index is 2.16. The molecule has 1 aliphatic heterocycles. The second-order valence-electron chi connectivity index (χ2n) is 5.24. The molecule has 0 bridgehead atoms. The number of sulfonamides is 1. The highest BCUT2D eigenvalue weighted by molar-refractivity contribution is 7.89. The molecule has 0 radical (unpaired) electrons. The lowest BCUT2D eigenvalue weighted by Crippen LogP contribution is -2.37. The smallest absolute Gasteiger partial charge is 0.240 e. The predicted octanol–water partition coefficient (Wildman–Crippen LogP) is 1.34. The van der Waals surface area contributed by atoms with E-state index < -0.39 is 10.0 Å². The molecule has 0 amide bonds. The van der Waals surface area contributed by atoms with Crippen LogP contribution in [0.1, 0.15) is 24.0 Å². The van der Waals surface area contributed by atoms with Gasteiger partial charge in [-0.05, 0) is 56.5 Å². The maximum absolute atomic E-state index is 12.3. The van der Waals surface area contributed by atoms with Gasteiger partial charge in [-0.1, -0.05) is 0 Å². The molecular weight excluding hydrogens is 276 g/mol. The fourth-order valence-electron chi connectivity index (χ4n) is 2.61. The fraction of sp³-hybridized carbons (Fsp3) is 0.571. The molecule has 1 heterocycles. The maximum atomic E-state index is 12.3. The third kappa shape index (κ3) is 3.31. The molecule has 1 atom stereocenters. The number of rotatable bonds is 5. The Morgan fingerprint density at radius 2 is 2.00 bits per heavy atom. The summed E-state index contributed by atoms with van der Waals surface area (Å²) < 4.78 is 32.6. The summed E-state index contributed by atoms with van der Waals surface area (Å²) in [5, 5.41) is 3.27. The van der Waals surface area contributed by atoms with Crippen LogP contribution in [0.4, 0.5) is 0 Å². The molecule has 5 nitrogen and oxygen atoms in total. The normalized spacial score (nSPS) is 19.2. The topological polar surface area (TPSA) is 67.4 Å². The Bertz CT molecular complexity index is 555. The predicted molar refractivity (Wildman–Crippen MR) is 78.7 cm³/mol. The number of ether oxygens (including phenoxy) is 1. The van der Waals surface area contributed by atoms with E-state index in [-0.39, 0.29) is 6.04 Å². The van der Waals surface area contributed by atoms with Gasteiger partial charge >= 0.3 is 0 Å². The van der Waals surface area contributed by atoms with Gasteiger partial charge in [-0.15, -0.1) is 0 Å². The van der Waals surface area contributed by atoms with Gasteiger partial charge in [0.25, 0.3) is 0 Å². The largest absolute Gasteiger partial charge is 0.496 e. The van der Waals surface area contributed by atoms with E-state index in [0.29, 0.717) is 11.4 Å². The van der Waals surface area contributed by atoms with Crippen LogP contribution in [0.5, 0.6) is 5.75 Å². The van der Waals surface area contributed by atoms with Gasteiger partial charge < -0.3 is 10.1 Å². The minimum atomic E-state index is -3.46. The second-order valence-corrected chi connectivity index (χ2v) is 7.00. The number of methoxy groups -OCH3 is 1. The first-order valence-electron chi connectivity index (χ1n) is 6.82. The highest BCUT2D eigenvalue weighted by Gasteiger charge is 2.20. The molecule has 0 saturated carbocycles. The quantitative estimate of drug-likeness (QED) is 0.861. The number of hydrogen-bond donors (Lipinski definition) is 2. The molecule has 0 aliphatic carbocycles. The van der Waals surface area contributed by atoms with Crippen molar-refractivity contribution in [2.75, 3.05) is 20.2 Å². The molecule has 1 saturated heterocycles. The van der Waals surface area contributed by atoms with Gasteiger partial charge in [0.15, 0.2) is 0 Å². The highest BCUT2D eigenvalue weighted by atomic mass is 32.2. The average Bonchev–Trinajstić information content (AvgIpc) is 2.89. The summed E-state index contributed by atoms with van der Waals surface area (Å²) in [6.45, 7) is 5.10. The Morgan fingerprint density at radius 3 is 2.50 bits per heavy atom. The van der Waals surface area contributed by atoms with Crippen LogP contribution in [0.3, 0.4) is 0 Å². The molecule has 0 spiro atoms. The molecule has 6 heteroatoms. The molecule has 1 fully saturated rings. The van der Waals surface area contributed by atoms with Gasteiger partial charge in [0.05, 0.1) is 12.0 Å². The van der Waals surface area contributed by atoms with Crippen LogP contribution in [0.25, 0.3) is 0 Å². The van der Waals surface area contributed by atoms with Crippen LogP contribution in [0.15, 0.2) is 17.0 Å². The van der Waals surface area contributed by atoms with Crippen molar-refractivity contribution in [1.29, 1.82) is 0 Å². The number of nitrogens with one attached hydrogen (secondary N) is 2.